The van der Waals surface area contributed by atoms with Crippen LogP contribution in [0.15, 0.2) is 0 Å². The lowest BCUT2D eigenvalue weighted by Crippen LogP contribution is -2.19. The van der Waals surface area contributed by atoms with E-state index in [2.05, 4.69) is 9.47 Å². The van der Waals surface area contributed by atoms with Crippen molar-refractivity contribution in [2.75, 3.05) is 0 Å². The lowest BCUT2D eigenvalue weighted by Gasteiger charge is -2.07. The molecule has 0 aliphatic rings. The Kier molecular flexibility index (Phi) is 5.10. The second kappa shape index (κ2) is 5.67. The summed E-state index contributed by atoms with van der Waals surface area (Å²) in [5, 5.41) is 8.55. The summed E-state index contributed by atoms with van der Waals surface area (Å²) in [4.78, 5) is 20.1. The van der Waals surface area contributed by atoms with E-state index in [1.54, 1.807) is 6.92 Å². The Morgan fingerprint density at radius 1 is 1.73 bits per heavy atom. The maximum Gasteiger partial charge on any atom is 0.362 e. The van der Waals surface area contributed by atoms with Crippen molar-refractivity contribution in [1.29, 1.82) is 0 Å². The van der Waals surface area contributed by atoms with Gasteiger partial charge in [0.2, 0.25) is 0 Å². The van der Waals surface area contributed by atoms with E-state index >= 15 is 0 Å². The van der Waals surface area contributed by atoms with Gasteiger partial charge in [0.1, 0.15) is 0 Å². The quantitative estimate of drug-likeness (QED) is 0.343. The number of hydrogen-bond acceptors (Lipinski definition) is 5. The molecule has 11 heavy (non-hydrogen) atoms. The lowest BCUT2D eigenvalue weighted by molar-refractivity contribution is -0.238. The minimum Gasteiger partial charge on any atom is -0.403 e. The molecule has 5 nitrogen and oxygen atoms in total. The van der Waals surface area contributed by atoms with Gasteiger partial charge in [0.05, 0.1) is 0 Å². The third-order valence-electron chi connectivity index (χ3n) is 0.858. The molecule has 0 radical (unpaired) electrons. The highest BCUT2D eigenvalue weighted by atomic mass is 16.8. The summed E-state index contributed by atoms with van der Waals surface area (Å²) < 4.78 is 8.09. The second-order valence-corrected chi connectivity index (χ2v) is 1.78. The van der Waals surface area contributed by atoms with Crippen molar-refractivity contribution >= 4 is 12.4 Å². The van der Waals surface area contributed by atoms with Gasteiger partial charge in [-0.1, -0.05) is 6.92 Å². The van der Waals surface area contributed by atoms with E-state index in [0.29, 0.717) is 6.42 Å². The number of aliphatic hydroxyl groups is 1. The van der Waals surface area contributed by atoms with Crippen LogP contribution in [0.25, 0.3) is 0 Å². The van der Waals surface area contributed by atoms with E-state index in [-0.39, 0.29) is 12.9 Å². The molecule has 0 saturated heterocycles. The average molecular weight is 162 g/mol. The summed E-state index contributed by atoms with van der Waals surface area (Å²) in [6.07, 6.45) is 0.811. The molecule has 0 spiro atoms. The minimum atomic E-state index is -1.77. The Labute approximate surface area is 63.9 Å². The minimum absolute atomic E-state index is 0.00386. The summed E-state index contributed by atoms with van der Waals surface area (Å²) in [5.74, 6) is -0.596. The number of ether oxygens (including phenoxy) is 2. The van der Waals surface area contributed by atoms with Crippen LogP contribution in [-0.2, 0) is 19.1 Å². The van der Waals surface area contributed by atoms with E-state index in [1.807, 2.05) is 0 Å². The summed E-state index contributed by atoms with van der Waals surface area (Å²) in [6, 6.07) is 0. The highest BCUT2D eigenvalue weighted by molar-refractivity contribution is 5.69. The largest absolute Gasteiger partial charge is 0.403 e. The van der Waals surface area contributed by atoms with Gasteiger partial charge in [-0.15, -0.1) is 0 Å². The Bertz CT molecular complexity index is 133. The molecular weight excluding hydrogens is 152 g/mol. The number of carbonyl (C=O) groups is 2. The fraction of sp³-hybridized carbons (Fsp3) is 0.667. The number of hydrogen-bond donors (Lipinski definition) is 1. The average Bonchev–Trinajstić information content (AvgIpc) is 1.87. The van der Waals surface area contributed by atoms with E-state index in [4.69, 9.17) is 5.11 Å². The molecule has 0 heterocycles. The summed E-state index contributed by atoms with van der Waals surface area (Å²) in [5.41, 5.74) is 0. The van der Waals surface area contributed by atoms with Gasteiger partial charge in [-0.05, 0) is 6.42 Å². The van der Waals surface area contributed by atoms with E-state index in [1.165, 1.54) is 0 Å². The topological polar surface area (TPSA) is 72.8 Å². The molecule has 0 aromatic carbocycles. The van der Waals surface area contributed by atoms with E-state index < -0.39 is 12.4 Å². The third kappa shape index (κ3) is 5.35. The van der Waals surface area contributed by atoms with Crippen molar-refractivity contribution in [1.82, 2.24) is 0 Å². The van der Waals surface area contributed by atoms with Crippen molar-refractivity contribution in [3.63, 3.8) is 0 Å². The highest BCUT2D eigenvalue weighted by Crippen LogP contribution is 1.94. The van der Waals surface area contributed by atoms with Gasteiger partial charge in [0, 0.05) is 6.42 Å². The molecule has 5 heteroatoms. The fourth-order valence-electron chi connectivity index (χ4n) is 0.451. The summed E-state index contributed by atoms with van der Waals surface area (Å²) in [7, 11) is 0. The van der Waals surface area contributed by atoms with Crippen LogP contribution in [0, 0.1) is 0 Å². The van der Waals surface area contributed by atoms with E-state index in [0.717, 1.165) is 0 Å². The molecule has 1 atom stereocenters. The van der Waals surface area contributed by atoms with Crippen LogP contribution in [0.1, 0.15) is 19.8 Å². The predicted octanol–water partition coefficient (Wildman–Crippen LogP) is -0.221. The normalized spacial score (nSPS) is 11.8. The molecule has 0 aromatic rings. The zero-order chi connectivity index (χ0) is 8.69. The molecule has 64 valence electrons. The van der Waals surface area contributed by atoms with Crippen molar-refractivity contribution in [2.24, 2.45) is 0 Å². The Hall–Kier alpha value is -1.10. The number of esters is 1. The molecule has 0 rings (SSSR count). The lowest BCUT2D eigenvalue weighted by atomic mass is 10.3. The molecule has 0 amide bonds. The Morgan fingerprint density at radius 2 is 2.36 bits per heavy atom. The number of carbonyl (C=O) groups excluding carboxylic acids is 2. The maximum atomic E-state index is 10.6. The first-order chi connectivity index (χ1) is 5.20. The van der Waals surface area contributed by atoms with Gasteiger partial charge >= 0.3 is 12.4 Å². The molecule has 1 N–H and O–H groups in total. The Morgan fingerprint density at radius 3 is 2.82 bits per heavy atom. The van der Waals surface area contributed by atoms with Gasteiger partial charge < -0.3 is 14.6 Å². The van der Waals surface area contributed by atoms with Gasteiger partial charge in [0.25, 0.3) is 6.47 Å². The molecule has 0 aliphatic heterocycles. The van der Waals surface area contributed by atoms with E-state index in [9.17, 15) is 9.59 Å². The van der Waals surface area contributed by atoms with Crippen LogP contribution in [0.3, 0.4) is 0 Å². The van der Waals surface area contributed by atoms with Gasteiger partial charge in [-0.25, -0.2) is 0 Å². The number of rotatable bonds is 5. The van der Waals surface area contributed by atoms with Gasteiger partial charge in [0.15, 0.2) is 0 Å². The van der Waals surface area contributed by atoms with Crippen LogP contribution >= 0.6 is 0 Å². The molecule has 1 unspecified atom stereocenters. The van der Waals surface area contributed by atoms with Crippen LogP contribution in [0.4, 0.5) is 0 Å². The van der Waals surface area contributed by atoms with Crippen molar-refractivity contribution in [2.45, 2.75) is 26.2 Å². The molecule has 0 bridgehead atoms. The molecule has 0 saturated carbocycles. The summed E-state index contributed by atoms with van der Waals surface area (Å²) in [6.45, 7) is 0.0181. The van der Waals surface area contributed by atoms with Crippen molar-refractivity contribution in [3.8, 4) is 0 Å². The molecule has 0 aromatic heterocycles. The first kappa shape index (κ1) is 9.90. The van der Waals surface area contributed by atoms with Crippen LogP contribution < -0.4 is 0 Å². The zero-order valence-corrected chi connectivity index (χ0v) is 6.15. The fourth-order valence-corrected chi connectivity index (χ4v) is 0.451. The van der Waals surface area contributed by atoms with Gasteiger partial charge in [-0.2, -0.15) is 0 Å². The predicted molar refractivity (Wildman–Crippen MR) is 34.2 cm³/mol. The van der Waals surface area contributed by atoms with Crippen LogP contribution in [-0.4, -0.2) is 24.0 Å². The SMILES string of the molecule is CCCC(=O)OC(O)OC=O. The van der Waals surface area contributed by atoms with Gasteiger partial charge in [-0.3, -0.25) is 9.59 Å². The first-order valence-electron chi connectivity index (χ1n) is 3.17. The molecule has 0 fully saturated rings. The van der Waals surface area contributed by atoms with Crippen LogP contribution in [0.2, 0.25) is 0 Å². The Balaban J connectivity index is 3.48. The third-order valence-corrected chi connectivity index (χ3v) is 0.858. The zero-order valence-electron chi connectivity index (χ0n) is 6.15. The molecular formula is C6H10O5. The first-order valence-corrected chi connectivity index (χ1v) is 3.17. The maximum absolute atomic E-state index is 10.6. The number of aliphatic hydroxyl groups excluding tert-OH is 1. The highest BCUT2D eigenvalue weighted by Gasteiger charge is 2.09. The standard InChI is InChI=1S/C6H10O5/c1-2-3-5(8)11-6(9)10-4-7/h4,6,9H,2-3H2,1H3. The smallest absolute Gasteiger partial charge is 0.362 e. The summed E-state index contributed by atoms with van der Waals surface area (Å²) >= 11 is 0. The monoisotopic (exact) mass is 162 g/mol. The van der Waals surface area contributed by atoms with Crippen molar-refractivity contribution in [3.05, 3.63) is 0 Å². The second-order valence-electron chi connectivity index (χ2n) is 1.78. The molecule has 0 aliphatic carbocycles. The van der Waals surface area contributed by atoms with Crippen molar-refractivity contribution < 1.29 is 24.2 Å². The van der Waals surface area contributed by atoms with Crippen LogP contribution in [0.5, 0.6) is 0 Å².